The molecule has 0 radical (unpaired) electrons. The number of benzene rings is 1. The van der Waals surface area contributed by atoms with Gasteiger partial charge in [-0.3, -0.25) is 4.79 Å². The third-order valence-electron chi connectivity index (χ3n) is 4.04. The smallest absolute Gasteiger partial charge is 0.256 e. The number of aromatic nitrogens is 3. The van der Waals surface area contributed by atoms with Crippen LogP contribution in [0, 0.1) is 13.8 Å². The van der Waals surface area contributed by atoms with Gasteiger partial charge in [0.15, 0.2) is 5.65 Å². The average molecular weight is 338 g/mol. The molecular formula is C19H22N4O2. The van der Waals surface area contributed by atoms with Crippen LogP contribution in [0.4, 0.5) is 5.69 Å². The Bertz CT molecular complexity index is 931. The predicted molar refractivity (Wildman–Crippen MR) is 98.2 cm³/mol. The first-order valence-corrected chi connectivity index (χ1v) is 8.34. The molecule has 1 aromatic carbocycles. The molecular weight excluding hydrogens is 316 g/mol. The molecule has 0 saturated heterocycles. The number of nitrogens with zero attached hydrogens (tertiary/aromatic N) is 3. The lowest BCUT2D eigenvalue weighted by atomic mass is 10.1. The van der Waals surface area contributed by atoms with Crippen molar-refractivity contribution in [2.45, 2.75) is 33.7 Å². The van der Waals surface area contributed by atoms with Crippen molar-refractivity contribution in [1.82, 2.24) is 14.8 Å². The number of carbonyl (C=O) groups is 1. The van der Waals surface area contributed by atoms with Crippen LogP contribution in [0.5, 0.6) is 5.75 Å². The number of amides is 1. The van der Waals surface area contributed by atoms with E-state index in [1.54, 1.807) is 13.2 Å². The Hall–Kier alpha value is -2.89. The number of rotatable bonds is 5. The largest absolute Gasteiger partial charge is 0.495 e. The Morgan fingerprint density at radius 3 is 2.76 bits per heavy atom. The molecule has 0 aliphatic rings. The number of hydrogen-bond acceptors (Lipinski definition) is 4. The van der Waals surface area contributed by atoms with Crippen LogP contribution in [0.15, 0.2) is 30.3 Å². The minimum absolute atomic E-state index is 0.195. The first-order chi connectivity index (χ1) is 12.0. The van der Waals surface area contributed by atoms with E-state index >= 15 is 0 Å². The van der Waals surface area contributed by atoms with Crippen molar-refractivity contribution in [2.75, 3.05) is 12.4 Å². The van der Waals surface area contributed by atoms with Crippen LogP contribution in [-0.4, -0.2) is 27.8 Å². The molecule has 6 nitrogen and oxygen atoms in total. The number of carbonyl (C=O) groups excluding carboxylic acids is 1. The van der Waals surface area contributed by atoms with E-state index in [1.807, 2.05) is 42.8 Å². The van der Waals surface area contributed by atoms with Crippen LogP contribution in [0.25, 0.3) is 11.0 Å². The van der Waals surface area contributed by atoms with Crippen molar-refractivity contribution in [1.29, 1.82) is 0 Å². The fourth-order valence-electron chi connectivity index (χ4n) is 2.96. The van der Waals surface area contributed by atoms with Crippen molar-refractivity contribution in [3.63, 3.8) is 0 Å². The second-order valence-corrected chi connectivity index (χ2v) is 5.97. The van der Waals surface area contributed by atoms with Crippen molar-refractivity contribution in [2.24, 2.45) is 0 Å². The highest BCUT2D eigenvalue weighted by Gasteiger charge is 2.19. The van der Waals surface area contributed by atoms with E-state index in [1.165, 1.54) is 0 Å². The minimum Gasteiger partial charge on any atom is -0.495 e. The fourth-order valence-corrected chi connectivity index (χ4v) is 2.96. The maximum atomic E-state index is 12.9. The number of nitrogens with one attached hydrogen (secondary N) is 1. The number of methoxy groups -OCH3 is 1. The van der Waals surface area contributed by atoms with Crippen LogP contribution in [-0.2, 0) is 6.54 Å². The molecule has 0 saturated carbocycles. The van der Waals surface area contributed by atoms with E-state index in [9.17, 15) is 4.79 Å². The molecule has 0 aliphatic heterocycles. The maximum absolute atomic E-state index is 12.9. The normalized spacial score (nSPS) is 10.9. The zero-order valence-electron chi connectivity index (χ0n) is 15.0. The van der Waals surface area contributed by atoms with Crippen molar-refractivity contribution in [3.8, 4) is 5.75 Å². The quantitative estimate of drug-likeness (QED) is 0.770. The van der Waals surface area contributed by atoms with Crippen LogP contribution < -0.4 is 10.1 Å². The maximum Gasteiger partial charge on any atom is 0.256 e. The summed E-state index contributed by atoms with van der Waals surface area (Å²) in [6.45, 7) is 6.66. The van der Waals surface area contributed by atoms with Crippen LogP contribution >= 0.6 is 0 Å². The third-order valence-corrected chi connectivity index (χ3v) is 4.04. The standard InChI is InChI=1S/C19H22N4O2/c1-5-10-23-18-17(13(3)22-23)14(11-12(2)20-18)19(24)21-15-8-6-7-9-16(15)25-4/h6-9,11H,5,10H2,1-4H3,(H,21,24). The Kier molecular flexibility index (Phi) is 4.70. The molecule has 0 unspecified atom stereocenters. The van der Waals surface area contributed by atoms with E-state index in [0.29, 0.717) is 17.0 Å². The molecule has 2 heterocycles. The van der Waals surface area contributed by atoms with Crippen LogP contribution in [0.1, 0.15) is 35.1 Å². The van der Waals surface area contributed by atoms with Gasteiger partial charge in [-0.25, -0.2) is 9.67 Å². The van der Waals surface area contributed by atoms with Crippen molar-refractivity contribution < 1.29 is 9.53 Å². The zero-order chi connectivity index (χ0) is 18.0. The third kappa shape index (κ3) is 3.20. The van der Waals surface area contributed by atoms with Gasteiger partial charge in [0.2, 0.25) is 0 Å². The molecule has 2 aromatic heterocycles. The van der Waals surface area contributed by atoms with Gasteiger partial charge in [-0.05, 0) is 38.5 Å². The van der Waals surface area contributed by atoms with Gasteiger partial charge in [0.1, 0.15) is 5.75 Å². The van der Waals surface area contributed by atoms with E-state index in [0.717, 1.165) is 35.4 Å². The fraction of sp³-hybridized carbons (Fsp3) is 0.316. The monoisotopic (exact) mass is 338 g/mol. The summed E-state index contributed by atoms with van der Waals surface area (Å²) in [6.07, 6.45) is 0.953. The molecule has 3 aromatic rings. The molecule has 0 bridgehead atoms. The predicted octanol–water partition coefficient (Wildman–Crippen LogP) is 3.72. The highest BCUT2D eigenvalue weighted by atomic mass is 16.5. The van der Waals surface area contributed by atoms with E-state index in [4.69, 9.17) is 4.74 Å². The van der Waals surface area contributed by atoms with Crippen LogP contribution in [0.3, 0.4) is 0 Å². The molecule has 0 spiro atoms. The Morgan fingerprint density at radius 1 is 1.28 bits per heavy atom. The Balaban J connectivity index is 2.07. The van der Waals surface area contributed by atoms with Gasteiger partial charge >= 0.3 is 0 Å². The molecule has 0 atom stereocenters. The number of ether oxygens (including phenoxy) is 1. The second-order valence-electron chi connectivity index (χ2n) is 5.97. The lowest BCUT2D eigenvalue weighted by molar-refractivity contribution is 0.102. The van der Waals surface area contributed by atoms with E-state index < -0.39 is 0 Å². The second kappa shape index (κ2) is 6.93. The molecule has 0 aliphatic carbocycles. The minimum atomic E-state index is -0.195. The van der Waals surface area contributed by atoms with Gasteiger partial charge in [-0.1, -0.05) is 19.1 Å². The first kappa shape index (κ1) is 17.0. The lowest BCUT2D eigenvalue weighted by Gasteiger charge is -2.11. The van der Waals surface area contributed by atoms with Gasteiger partial charge < -0.3 is 10.1 Å². The van der Waals surface area contributed by atoms with E-state index in [2.05, 4.69) is 22.3 Å². The number of anilines is 1. The highest BCUT2D eigenvalue weighted by Crippen LogP contribution is 2.27. The summed E-state index contributed by atoms with van der Waals surface area (Å²) in [4.78, 5) is 17.5. The number of para-hydroxylation sites is 2. The highest BCUT2D eigenvalue weighted by molar-refractivity contribution is 6.13. The molecule has 3 rings (SSSR count). The van der Waals surface area contributed by atoms with Gasteiger partial charge in [-0.2, -0.15) is 5.10 Å². The van der Waals surface area contributed by atoms with Gasteiger partial charge in [0.25, 0.3) is 5.91 Å². The molecule has 130 valence electrons. The van der Waals surface area contributed by atoms with Gasteiger partial charge in [0, 0.05) is 12.2 Å². The molecule has 1 N–H and O–H groups in total. The molecule has 0 fully saturated rings. The number of hydrogen-bond donors (Lipinski definition) is 1. The summed E-state index contributed by atoms with van der Waals surface area (Å²) in [5, 5.41) is 8.29. The summed E-state index contributed by atoms with van der Waals surface area (Å²) >= 11 is 0. The average Bonchev–Trinajstić information content (AvgIpc) is 2.90. The number of fused-ring (bicyclic) bond motifs is 1. The Labute approximate surface area is 146 Å². The summed E-state index contributed by atoms with van der Waals surface area (Å²) in [5.41, 5.74) is 3.56. The zero-order valence-corrected chi connectivity index (χ0v) is 15.0. The van der Waals surface area contributed by atoms with Gasteiger partial charge in [0.05, 0.1) is 29.4 Å². The summed E-state index contributed by atoms with van der Waals surface area (Å²) < 4.78 is 7.18. The van der Waals surface area contributed by atoms with Crippen molar-refractivity contribution in [3.05, 3.63) is 47.3 Å². The number of aryl methyl sites for hydroxylation is 3. The summed E-state index contributed by atoms with van der Waals surface area (Å²) in [5.74, 6) is 0.426. The molecule has 6 heteroatoms. The van der Waals surface area contributed by atoms with Crippen molar-refractivity contribution >= 4 is 22.6 Å². The van der Waals surface area contributed by atoms with E-state index in [-0.39, 0.29) is 5.91 Å². The lowest BCUT2D eigenvalue weighted by Crippen LogP contribution is -2.14. The molecule has 25 heavy (non-hydrogen) atoms. The summed E-state index contributed by atoms with van der Waals surface area (Å²) in [6, 6.07) is 9.15. The summed E-state index contributed by atoms with van der Waals surface area (Å²) in [7, 11) is 1.58. The topological polar surface area (TPSA) is 69.0 Å². The number of pyridine rings is 1. The first-order valence-electron chi connectivity index (χ1n) is 8.34. The van der Waals surface area contributed by atoms with Crippen LogP contribution in [0.2, 0.25) is 0 Å². The van der Waals surface area contributed by atoms with Gasteiger partial charge in [-0.15, -0.1) is 0 Å². The SMILES string of the molecule is CCCn1nc(C)c2c(C(=O)Nc3ccccc3OC)cc(C)nc21. The molecule has 1 amide bonds. The Morgan fingerprint density at radius 2 is 2.04 bits per heavy atom.